The van der Waals surface area contributed by atoms with Crippen LogP contribution in [0, 0.1) is 6.92 Å². The first-order valence-electron chi connectivity index (χ1n) is 7.83. The largest absolute Gasteiger partial charge is 0.304 e. The van der Waals surface area contributed by atoms with Gasteiger partial charge in [0.05, 0.1) is 6.04 Å². The van der Waals surface area contributed by atoms with Crippen molar-refractivity contribution in [3.05, 3.63) is 65.2 Å². The highest BCUT2D eigenvalue weighted by molar-refractivity contribution is 6.08. The van der Waals surface area contributed by atoms with Crippen LogP contribution in [0.5, 0.6) is 0 Å². The fraction of sp³-hybridized carbons (Fsp3) is 0.316. The zero-order valence-electron chi connectivity index (χ0n) is 13.0. The van der Waals surface area contributed by atoms with E-state index >= 15 is 0 Å². The summed E-state index contributed by atoms with van der Waals surface area (Å²) in [6, 6.07) is 16.3. The quantitative estimate of drug-likeness (QED) is 0.806. The first kappa shape index (κ1) is 13.5. The van der Waals surface area contributed by atoms with Gasteiger partial charge in [0.25, 0.3) is 5.91 Å². The van der Waals surface area contributed by atoms with Crippen LogP contribution in [0.3, 0.4) is 0 Å². The molecular weight excluding hydrogens is 272 g/mol. The molecule has 2 aliphatic rings. The highest BCUT2D eigenvalue weighted by Gasteiger charge is 2.46. The van der Waals surface area contributed by atoms with Gasteiger partial charge in [0.15, 0.2) is 0 Å². The fourth-order valence-electron chi connectivity index (χ4n) is 3.89. The van der Waals surface area contributed by atoms with Crippen LogP contribution in [0.1, 0.15) is 27.4 Å². The smallest absolute Gasteiger partial charge is 0.258 e. The highest BCUT2D eigenvalue weighted by Crippen LogP contribution is 2.45. The number of hydrogen-bond donors (Lipinski definition) is 0. The topological polar surface area (TPSA) is 23.6 Å². The molecule has 3 nitrogen and oxygen atoms in total. The molecule has 2 aromatic carbocycles. The molecule has 1 amide bonds. The molecule has 4 rings (SSSR count). The molecule has 22 heavy (non-hydrogen) atoms. The number of likely N-dealkylation sites (N-methyl/N-ethyl adjacent to an activating group) is 1. The van der Waals surface area contributed by atoms with Crippen LogP contribution < -0.4 is 4.90 Å². The summed E-state index contributed by atoms with van der Waals surface area (Å²) in [5.41, 5.74) is 4.46. The number of likely N-dealkylation sites (tertiary alicyclic amines) is 1. The van der Waals surface area contributed by atoms with Crippen molar-refractivity contribution in [2.45, 2.75) is 18.9 Å². The molecule has 112 valence electrons. The molecule has 0 aromatic heterocycles. The summed E-state index contributed by atoms with van der Waals surface area (Å²) in [6.45, 7) is 4.09. The Hall–Kier alpha value is -2.13. The van der Waals surface area contributed by atoms with E-state index in [0.29, 0.717) is 5.92 Å². The number of amides is 1. The van der Waals surface area contributed by atoms with Crippen molar-refractivity contribution in [1.82, 2.24) is 4.90 Å². The molecule has 0 spiro atoms. The Kier molecular flexibility index (Phi) is 3.05. The Bertz CT molecular complexity index is 725. The Balaban J connectivity index is 1.80. The van der Waals surface area contributed by atoms with E-state index in [0.717, 1.165) is 24.3 Å². The second kappa shape index (κ2) is 4.96. The molecule has 0 N–H and O–H groups in total. The first-order valence-corrected chi connectivity index (χ1v) is 7.83. The van der Waals surface area contributed by atoms with Crippen LogP contribution in [0.2, 0.25) is 0 Å². The molecule has 0 bridgehead atoms. The van der Waals surface area contributed by atoms with Gasteiger partial charge in [-0.2, -0.15) is 0 Å². The summed E-state index contributed by atoms with van der Waals surface area (Å²) in [6.07, 6.45) is 0. The number of hydrogen-bond acceptors (Lipinski definition) is 2. The van der Waals surface area contributed by atoms with E-state index in [1.807, 2.05) is 35.2 Å². The molecule has 2 heterocycles. The van der Waals surface area contributed by atoms with E-state index in [1.165, 1.54) is 11.1 Å². The van der Waals surface area contributed by atoms with Gasteiger partial charge in [-0.3, -0.25) is 4.79 Å². The number of nitrogens with zero attached hydrogens (tertiary/aromatic N) is 2. The summed E-state index contributed by atoms with van der Waals surface area (Å²) >= 11 is 0. The molecule has 1 saturated heterocycles. The predicted molar refractivity (Wildman–Crippen MR) is 88.5 cm³/mol. The van der Waals surface area contributed by atoms with Crippen molar-refractivity contribution in [3.8, 4) is 0 Å². The van der Waals surface area contributed by atoms with Crippen molar-refractivity contribution in [3.63, 3.8) is 0 Å². The third-order valence-corrected chi connectivity index (χ3v) is 4.88. The van der Waals surface area contributed by atoms with E-state index in [2.05, 4.69) is 37.1 Å². The molecular formula is C19H20N2O. The molecule has 0 saturated carbocycles. The zero-order chi connectivity index (χ0) is 15.3. The molecule has 2 aliphatic heterocycles. The third-order valence-electron chi connectivity index (χ3n) is 4.88. The zero-order valence-corrected chi connectivity index (χ0v) is 13.0. The molecule has 3 heteroatoms. The van der Waals surface area contributed by atoms with E-state index < -0.39 is 0 Å². The Morgan fingerprint density at radius 1 is 1.09 bits per heavy atom. The van der Waals surface area contributed by atoms with E-state index in [4.69, 9.17) is 0 Å². The Morgan fingerprint density at radius 3 is 2.64 bits per heavy atom. The standard InChI is InChI=1S/C19H20N2O/c1-13-8-9-17-15(10-13)16-11-20(2)12-18(16)21(17)19(22)14-6-4-3-5-7-14/h3-10,16,18H,11-12H2,1-2H3/t16-,18-/m0/s1. The fourth-order valence-corrected chi connectivity index (χ4v) is 3.89. The average molecular weight is 292 g/mol. The highest BCUT2D eigenvalue weighted by atomic mass is 16.2. The Morgan fingerprint density at radius 2 is 1.86 bits per heavy atom. The lowest BCUT2D eigenvalue weighted by atomic mass is 9.97. The number of benzene rings is 2. The number of fused-ring (bicyclic) bond motifs is 3. The summed E-state index contributed by atoms with van der Waals surface area (Å²) in [4.78, 5) is 17.4. The maximum Gasteiger partial charge on any atom is 0.258 e. The van der Waals surface area contributed by atoms with Gasteiger partial charge in [-0.25, -0.2) is 0 Å². The summed E-state index contributed by atoms with van der Waals surface area (Å²) in [7, 11) is 2.14. The molecule has 0 unspecified atom stereocenters. The van der Waals surface area contributed by atoms with E-state index in [9.17, 15) is 4.79 Å². The summed E-state index contributed by atoms with van der Waals surface area (Å²) in [5.74, 6) is 0.557. The van der Waals surface area contributed by atoms with Gasteiger partial charge in [0.1, 0.15) is 0 Å². The SMILES string of the molecule is Cc1ccc2c(c1)[C@@H]1CN(C)C[C@@H]1N2C(=O)c1ccccc1. The molecule has 1 fully saturated rings. The Labute approximate surface area is 131 Å². The lowest BCUT2D eigenvalue weighted by Gasteiger charge is -2.25. The van der Waals surface area contributed by atoms with E-state index in [1.54, 1.807) is 0 Å². The van der Waals surface area contributed by atoms with Gasteiger partial charge in [-0.1, -0.05) is 35.9 Å². The van der Waals surface area contributed by atoms with Crippen molar-refractivity contribution in [2.75, 3.05) is 25.0 Å². The molecule has 0 radical (unpaired) electrons. The lowest BCUT2D eigenvalue weighted by molar-refractivity contribution is 0.0979. The van der Waals surface area contributed by atoms with Crippen LogP contribution in [0.25, 0.3) is 0 Å². The number of rotatable bonds is 1. The maximum atomic E-state index is 13.1. The lowest BCUT2D eigenvalue weighted by Crippen LogP contribution is -2.40. The molecule has 2 aromatic rings. The molecule has 2 atom stereocenters. The maximum absolute atomic E-state index is 13.1. The minimum absolute atomic E-state index is 0.119. The van der Waals surface area contributed by atoms with Crippen molar-refractivity contribution >= 4 is 11.6 Å². The number of carbonyl (C=O) groups is 1. The normalized spacial score (nSPS) is 23.5. The predicted octanol–water partition coefficient (Wildman–Crippen LogP) is 3.05. The minimum atomic E-state index is 0.119. The van der Waals surface area contributed by atoms with Crippen molar-refractivity contribution in [1.29, 1.82) is 0 Å². The van der Waals surface area contributed by atoms with Crippen molar-refractivity contribution < 1.29 is 4.79 Å². The monoisotopic (exact) mass is 292 g/mol. The van der Waals surface area contributed by atoms with Gasteiger partial charge in [-0.15, -0.1) is 0 Å². The van der Waals surface area contributed by atoms with Crippen LogP contribution in [-0.4, -0.2) is 37.0 Å². The van der Waals surface area contributed by atoms with Crippen LogP contribution >= 0.6 is 0 Å². The van der Waals surface area contributed by atoms with Crippen LogP contribution in [-0.2, 0) is 0 Å². The molecule has 0 aliphatic carbocycles. The van der Waals surface area contributed by atoms with E-state index in [-0.39, 0.29) is 11.9 Å². The number of aryl methyl sites for hydroxylation is 1. The van der Waals surface area contributed by atoms with Crippen molar-refractivity contribution in [2.24, 2.45) is 0 Å². The average Bonchev–Trinajstić information content (AvgIpc) is 3.03. The third kappa shape index (κ3) is 1.97. The van der Waals surface area contributed by atoms with Gasteiger partial charge in [-0.05, 0) is 37.7 Å². The second-order valence-electron chi connectivity index (χ2n) is 6.50. The van der Waals surface area contributed by atoms with Gasteiger partial charge in [0.2, 0.25) is 0 Å². The summed E-state index contributed by atoms with van der Waals surface area (Å²) < 4.78 is 0. The summed E-state index contributed by atoms with van der Waals surface area (Å²) in [5, 5.41) is 0. The van der Waals surface area contributed by atoms with Crippen LogP contribution in [0.15, 0.2) is 48.5 Å². The van der Waals surface area contributed by atoms with Gasteiger partial charge >= 0.3 is 0 Å². The van der Waals surface area contributed by atoms with Crippen LogP contribution in [0.4, 0.5) is 5.69 Å². The second-order valence-corrected chi connectivity index (χ2v) is 6.50. The number of anilines is 1. The number of carbonyl (C=O) groups excluding carboxylic acids is 1. The van der Waals surface area contributed by atoms with Gasteiger partial charge in [0, 0.05) is 30.3 Å². The van der Waals surface area contributed by atoms with Gasteiger partial charge < -0.3 is 9.80 Å². The minimum Gasteiger partial charge on any atom is -0.304 e. The first-order chi connectivity index (χ1) is 10.6.